The van der Waals surface area contributed by atoms with Gasteiger partial charge in [-0.05, 0) is 30.7 Å². The summed E-state index contributed by atoms with van der Waals surface area (Å²) in [5.74, 6) is -1.30. The molecule has 2 aromatic rings. The van der Waals surface area contributed by atoms with Crippen LogP contribution in [0, 0.1) is 17.6 Å². The zero-order valence-electron chi connectivity index (χ0n) is 13.0. The third kappa shape index (κ3) is 3.74. The highest BCUT2D eigenvalue weighted by atomic mass is 19.2. The first-order valence-electron chi connectivity index (χ1n) is 7.82. The molecule has 0 unspecified atom stereocenters. The van der Waals surface area contributed by atoms with Crippen LogP contribution >= 0.6 is 0 Å². The first kappa shape index (κ1) is 16.0. The van der Waals surface area contributed by atoms with Crippen molar-refractivity contribution >= 4 is 0 Å². The molecule has 1 aliphatic heterocycles. The van der Waals surface area contributed by atoms with E-state index in [1.165, 1.54) is 6.07 Å². The number of hydrogen-bond donors (Lipinski definition) is 0. The monoisotopic (exact) mass is 319 g/mol. The van der Waals surface area contributed by atoms with Gasteiger partial charge in [0.05, 0.1) is 18.9 Å². The van der Waals surface area contributed by atoms with Crippen molar-refractivity contribution in [3.63, 3.8) is 0 Å². The Bertz CT molecular complexity index is 653. The van der Waals surface area contributed by atoms with Crippen LogP contribution in [0.4, 0.5) is 8.78 Å². The van der Waals surface area contributed by atoms with Crippen LogP contribution in [0.5, 0.6) is 0 Å². The van der Waals surface area contributed by atoms with Crippen molar-refractivity contribution in [1.29, 1.82) is 0 Å². The molecular formula is C18H19F2NO2. The fourth-order valence-electron chi connectivity index (χ4n) is 2.68. The Morgan fingerprint density at radius 3 is 2.48 bits per heavy atom. The van der Waals surface area contributed by atoms with Gasteiger partial charge in [0.25, 0.3) is 0 Å². The zero-order chi connectivity index (χ0) is 16.2. The van der Waals surface area contributed by atoms with Gasteiger partial charge in [0, 0.05) is 23.2 Å². The topological polar surface area (TPSA) is 31.4 Å². The Morgan fingerprint density at radius 2 is 1.87 bits per heavy atom. The van der Waals surface area contributed by atoms with Crippen LogP contribution in [0.2, 0.25) is 0 Å². The maximum atomic E-state index is 13.3. The number of hydrogen-bond acceptors (Lipinski definition) is 3. The predicted octanol–water partition coefficient (Wildman–Crippen LogP) is 4.49. The first-order chi connectivity index (χ1) is 11.2. The highest BCUT2D eigenvalue weighted by Crippen LogP contribution is 2.28. The molecule has 1 fully saturated rings. The quantitative estimate of drug-likeness (QED) is 0.832. The molecule has 1 aromatic carbocycles. The number of ether oxygens (including phenoxy) is 2. The van der Waals surface area contributed by atoms with E-state index in [1.54, 1.807) is 12.3 Å². The fourth-order valence-corrected chi connectivity index (χ4v) is 2.68. The Hall–Kier alpha value is -1.85. The van der Waals surface area contributed by atoms with E-state index in [9.17, 15) is 8.78 Å². The third-order valence-electron chi connectivity index (χ3n) is 3.94. The molecule has 1 aliphatic rings. The van der Waals surface area contributed by atoms with Gasteiger partial charge >= 0.3 is 0 Å². The van der Waals surface area contributed by atoms with E-state index in [4.69, 9.17) is 9.47 Å². The summed E-state index contributed by atoms with van der Waals surface area (Å²) in [4.78, 5) is 4.30. The van der Waals surface area contributed by atoms with Gasteiger partial charge in [-0.15, -0.1) is 0 Å². The minimum absolute atomic E-state index is 0.408. The molecular weight excluding hydrogens is 300 g/mol. The van der Waals surface area contributed by atoms with Crippen molar-refractivity contribution in [3.8, 4) is 11.3 Å². The standard InChI is InChI=1S/C18H19F2NO2/c1-2-3-12-10-22-18(23-11-12)14-5-7-17(21-9-14)13-4-6-15(19)16(20)8-13/h4-9,12,18H,2-3,10-11H2,1H3. The van der Waals surface area contributed by atoms with Crippen molar-refractivity contribution in [2.45, 2.75) is 26.1 Å². The average molecular weight is 319 g/mol. The maximum absolute atomic E-state index is 13.3. The lowest BCUT2D eigenvalue weighted by Crippen LogP contribution is -2.27. The Kier molecular flexibility index (Phi) is 4.98. The molecule has 0 N–H and O–H groups in total. The SMILES string of the molecule is CCCC1COC(c2ccc(-c3ccc(F)c(F)c3)nc2)OC1. The largest absolute Gasteiger partial charge is 0.348 e. The summed E-state index contributed by atoms with van der Waals surface area (Å²) in [7, 11) is 0. The van der Waals surface area contributed by atoms with Gasteiger partial charge in [0.2, 0.25) is 0 Å². The molecule has 122 valence electrons. The normalized spacial score (nSPS) is 21.3. The molecule has 0 atom stereocenters. The smallest absolute Gasteiger partial charge is 0.185 e. The Labute approximate surface area is 134 Å². The highest BCUT2D eigenvalue weighted by molar-refractivity contribution is 5.59. The molecule has 0 amide bonds. The van der Waals surface area contributed by atoms with E-state index in [0.717, 1.165) is 30.5 Å². The summed E-state index contributed by atoms with van der Waals surface area (Å²) < 4.78 is 37.7. The van der Waals surface area contributed by atoms with Gasteiger partial charge in [-0.2, -0.15) is 0 Å². The van der Waals surface area contributed by atoms with Crippen LogP contribution in [-0.2, 0) is 9.47 Å². The number of halogens is 2. The molecule has 2 heterocycles. The number of pyridine rings is 1. The summed E-state index contributed by atoms with van der Waals surface area (Å²) in [6.45, 7) is 3.51. The van der Waals surface area contributed by atoms with E-state index in [-0.39, 0.29) is 0 Å². The van der Waals surface area contributed by atoms with E-state index in [0.29, 0.717) is 30.4 Å². The highest BCUT2D eigenvalue weighted by Gasteiger charge is 2.23. The minimum atomic E-state index is -0.880. The molecule has 0 aliphatic carbocycles. The predicted molar refractivity (Wildman–Crippen MR) is 82.6 cm³/mol. The van der Waals surface area contributed by atoms with Gasteiger partial charge in [0.15, 0.2) is 17.9 Å². The summed E-state index contributed by atoms with van der Waals surface area (Å²) >= 11 is 0. The van der Waals surface area contributed by atoms with Crippen molar-refractivity contribution in [2.75, 3.05) is 13.2 Å². The van der Waals surface area contributed by atoms with Crippen molar-refractivity contribution in [3.05, 3.63) is 53.7 Å². The maximum Gasteiger partial charge on any atom is 0.185 e. The lowest BCUT2D eigenvalue weighted by Gasteiger charge is -2.29. The Balaban J connectivity index is 1.69. The van der Waals surface area contributed by atoms with Crippen LogP contribution in [0.3, 0.4) is 0 Å². The van der Waals surface area contributed by atoms with E-state index in [2.05, 4.69) is 11.9 Å². The number of rotatable bonds is 4. The van der Waals surface area contributed by atoms with Gasteiger partial charge in [0.1, 0.15) is 0 Å². The molecule has 1 aromatic heterocycles. The van der Waals surface area contributed by atoms with Crippen LogP contribution in [0.25, 0.3) is 11.3 Å². The summed E-state index contributed by atoms with van der Waals surface area (Å²) in [5, 5.41) is 0. The van der Waals surface area contributed by atoms with Crippen molar-refractivity contribution in [1.82, 2.24) is 4.98 Å². The molecule has 0 radical (unpaired) electrons. The molecule has 3 rings (SSSR count). The third-order valence-corrected chi connectivity index (χ3v) is 3.94. The molecule has 5 heteroatoms. The van der Waals surface area contributed by atoms with Crippen molar-refractivity contribution < 1.29 is 18.3 Å². The van der Waals surface area contributed by atoms with Gasteiger partial charge < -0.3 is 9.47 Å². The van der Waals surface area contributed by atoms with Crippen molar-refractivity contribution in [2.24, 2.45) is 5.92 Å². The van der Waals surface area contributed by atoms with E-state index >= 15 is 0 Å². The second kappa shape index (κ2) is 7.15. The summed E-state index contributed by atoms with van der Waals surface area (Å²) in [6.07, 6.45) is 3.46. The zero-order valence-corrected chi connectivity index (χ0v) is 13.0. The lowest BCUT2D eigenvalue weighted by molar-refractivity contribution is -0.206. The van der Waals surface area contributed by atoms with Crippen LogP contribution in [0.1, 0.15) is 31.6 Å². The number of aromatic nitrogens is 1. The molecule has 0 spiro atoms. The number of benzene rings is 1. The Morgan fingerprint density at radius 1 is 1.09 bits per heavy atom. The van der Waals surface area contributed by atoms with Crippen LogP contribution < -0.4 is 0 Å². The summed E-state index contributed by atoms with van der Waals surface area (Å²) in [6, 6.07) is 7.34. The average Bonchev–Trinajstić information content (AvgIpc) is 2.59. The molecule has 23 heavy (non-hydrogen) atoms. The van der Waals surface area contributed by atoms with Gasteiger partial charge in [-0.1, -0.05) is 19.4 Å². The minimum Gasteiger partial charge on any atom is -0.348 e. The van der Waals surface area contributed by atoms with Crippen LogP contribution in [0.15, 0.2) is 36.5 Å². The molecule has 0 saturated carbocycles. The van der Waals surface area contributed by atoms with E-state index in [1.807, 2.05) is 6.07 Å². The van der Waals surface area contributed by atoms with Crippen LogP contribution in [-0.4, -0.2) is 18.2 Å². The van der Waals surface area contributed by atoms with E-state index < -0.39 is 17.9 Å². The second-order valence-electron chi connectivity index (χ2n) is 5.76. The first-order valence-corrected chi connectivity index (χ1v) is 7.82. The summed E-state index contributed by atoms with van der Waals surface area (Å²) in [5.41, 5.74) is 1.93. The molecule has 0 bridgehead atoms. The molecule has 3 nitrogen and oxygen atoms in total. The second-order valence-corrected chi connectivity index (χ2v) is 5.76. The number of nitrogens with zero attached hydrogens (tertiary/aromatic N) is 1. The fraction of sp³-hybridized carbons (Fsp3) is 0.389. The lowest BCUT2D eigenvalue weighted by atomic mass is 10.1. The van der Waals surface area contributed by atoms with Gasteiger partial charge in [-0.25, -0.2) is 8.78 Å². The van der Waals surface area contributed by atoms with Gasteiger partial charge in [-0.3, -0.25) is 4.98 Å². The molecule has 1 saturated heterocycles.